The molecule has 0 saturated heterocycles. The third-order valence-corrected chi connectivity index (χ3v) is 4.45. The van der Waals surface area contributed by atoms with E-state index in [1.165, 1.54) is 0 Å². The standard InChI is InChI=1S/C21H25NO4/c1-2-3-9-19(24)22-21(18(23)10-11-20(25)26)14-12-17(13-15-21)16-7-5-4-6-8-16/h4-8,12-15,17H,2-3,9-11H2,1H3,(H,22,24)(H,25,26). The fraction of sp³-hybridized carbons (Fsp3) is 0.381. The SMILES string of the molecule is CCCCC(=O)NC1(C(=O)CCC(=O)O)C=CC(c2ccccc2)C=C1. The van der Waals surface area contributed by atoms with E-state index in [-0.39, 0.29) is 30.4 Å². The van der Waals surface area contributed by atoms with E-state index in [4.69, 9.17) is 5.11 Å². The van der Waals surface area contributed by atoms with Gasteiger partial charge in [0.1, 0.15) is 5.54 Å². The van der Waals surface area contributed by atoms with Crippen molar-refractivity contribution in [1.29, 1.82) is 0 Å². The molecule has 1 aromatic carbocycles. The van der Waals surface area contributed by atoms with E-state index < -0.39 is 11.5 Å². The van der Waals surface area contributed by atoms with Crippen LogP contribution >= 0.6 is 0 Å². The number of carbonyl (C=O) groups is 3. The molecule has 0 atom stereocenters. The highest BCUT2D eigenvalue weighted by atomic mass is 16.4. The molecule has 0 saturated carbocycles. The summed E-state index contributed by atoms with van der Waals surface area (Å²) in [5.74, 6) is -1.53. The maximum Gasteiger partial charge on any atom is 0.303 e. The molecule has 1 amide bonds. The number of hydrogen-bond acceptors (Lipinski definition) is 3. The van der Waals surface area contributed by atoms with Gasteiger partial charge in [0, 0.05) is 18.8 Å². The molecule has 1 aromatic rings. The van der Waals surface area contributed by atoms with Crippen LogP contribution in [0.2, 0.25) is 0 Å². The number of amides is 1. The molecule has 0 spiro atoms. The predicted octanol–water partition coefficient (Wildman–Crippen LogP) is 3.38. The van der Waals surface area contributed by atoms with Crippen molar-refractivity contribution in [1.82, 2.24) is 5.32 Å². The Labute approximate surface area is 153 Å². The average molecular weight is 355 g/mol. The maximum absolute atomic E-state index is 12.7. The number of nitrogens with one attached hydrogen (secondary N) is 1. The van der Waals surface area contributed by atoms with Crippen LogP contribution in [0.5, 0.6) is 0 Å². The second-order valence-corrected chi connectivity index (χ2v) is 6.49. The van der Waals surface area contributed by atoms with Gasteiger partial charge in [-0.2, -0.15) is 0 Å². The van der Waals surface area contributed by atoms with E-state index >= 15 is 0 Å². The number of hydrogen-bond donors (Lipinski definition) is 2. The van der Waals surface area contributed by atoms with Gasteiger partial charge in [0.25, 0.3) is 0 Å². The normalized spacial score (nSPS) is 21.3. The smallest absolute Gasteiger partial charge is 0.303 e. The number of carbonyl (C=O) groups excluding carboxylic acids is 2. The molecule has 5 heteroatoms. The molecule has 0 heterocycles. The molecular weight excluding hydrogens is 330 g/mol. The molecule has 138 valence electrons. The van der Waals surface area contributed by atoms with E-state index in [1.54, 1.807) is 12.2 Å². The molecule has 0 aliphatic heterocycles. The zero-order chi connectivity index (χ0) is 19.0. The lowest BCUT2D eigenvalue weighted by Gasteiger charge is -2.31. The first kappa shape index (κ1) is 19.6. The van der Waals surface area contributed by atoms with Gasteiger partial charge in [-0.05, 0) is 12.0 Å². The Morgan fingerprint density at radius 1 is 1.04 bits per heavy atom. The molecule has 2 rings (SSSR count). The van der Waals surface area contributed by atoms with Crippen LogP contribution in [0.15, 0.2) is 54.6 Å². The lowest BCUT2D eigenvalue weighted by atomic mass is 9.82. The Morgan fingerprint density at radius 3 is 2.27 bits per heavy atom. The highest BCUT2D eigenvalue weighted by Gasteiger charge is 2.36. The lowest BCUT2D eigenvalue weighted by Crippen LogP contribution is -2.52. The van der Waals surface area contributed by atoms with E-state index in [0.29, 0.717) is 6.42 Å². The number of carboxylic acids is 1. The number of allylic oxidation sites excluding steroid dienone is 2. The third-order valence-electron chi connectivity index (χ3n) is 4.45. The summed E-state index contributed by atoms with van der Waals surface area (Å²) in [5.41, 5.74) is -0.171. The third kappa shape index (κ3) is 5.15. The topological polar surface area (TPSA) is 83.5 Å². The molecule has 5 nitrogen and oxygen atoms in total. The first-order valence-corrected chi connectivity index (χ1v) is 8.96. The molecule has 1 aliphatic carbocycles. The fourth-order valence-electron chi connectivity index (χ4n) is 2.92. The summed E-state index contributed by atoms with van der Waals surface area (Å²) >= 11 is 0. The van der Waals surface area contributed by atoms with Gasteiger partial charge in [0.15, 0.2) is 5.78 Å². The number of aliphatic carboxylic acids is 1. The quantitative estimate of drug-likeness (QED) is 0.665. The van der Waals surface area contributed by atoms with Crippen LogP contribution in [0.1, 0.15) is 50.5 Å². The Kier molecular flexibility index (Phi) is 6.89. The van der Waals surface area contributed by atoms with Gasteiger partial charge >= 0.3 is 5.97 Å². The molecule has 26 heavy (non-hydrogen) atoms. The molecule has 0 aromatic heterocycles. The first-order chi connectivity index (χ1) is 12.5. The molecule has 1 aliphatic rings. The summed E-state index contributed by atoms with van der Waals surface area (Å²) in [6.07, 6.45) is 8.73. The van der Waals surface area contributed by atoms with E-state index in [2.05, 4.69) is 5.32 Å². The number of unbranched alkanes of at least 4 members (excludes halogenated alkanes) is 1. The van der Waals surface area contributed by atoms with Crippen LogP contribution in [0.4, 0.5) is 0 Å². The van der Waals surface area contributed by atoms with Crippen molar-refractivity contribution < 1.29 is 19.5 Å². The zero-order valence-electron chi connectivity index (χ0n) is 15.0. The van der Waals surface area contributed by atoms with Crippen LogP contribution in [0.25, 0.3) is 0 Å². The van der Waals surface area contributed by atoms with Crippen LogP contribution in [-0.2, 0) is 14.4 Å². The summed E-state index contributed by atoms with van der Waals surface area (Å²) in [5, 5.41) is 11.7. The fourth-order valence-corrected chi connectivity index (χ4v) is 2.92. The highest BCUT2D eigenvalue weighted by Crippen LogP contribution is 2.28. The molecule has 2 N–H and O–H groups in total. The van der Waals surface area contributed by atoms with Crippen LogP contribution < -0.4 is 5.32 Å². The Morgan fingerprint density at radius 2 is 1.69 bits per heavy atom. The molecular formula is C21H25NO4. The minimum absolute atomic E-state index is 0.0177. The Hall–Kier alpha value is -2.69. The van der Waals surface area contributed by atoms with Crippen LogP contribution in [0.3, 0.4) is 0 Å². The van der Waals surface area contributed by atoms with Crippen molar-refractivity contribution in [3.8, 4) is 0 Å². The monoisotopic (exact) mass is 355 g/mol. The summed E-state index contributed by atoms with van der Waals surface area (Å²) in [6, 6.07) is 9.83. The summed E-state index contributed by atoms with van der Waals surface area (Å²) < 4.78 is 0. The van der Waals surface area contributed by atoms with Crippen molar-refractivity contribution in [2.24, 2.45) is 0 Å². The Bertz CT molecular complexity index is 692. The van der Waals surface area contributed by atoms with Gasteiger partial charge < -0.3 is 10.4 Å². The zero-order valence-corrected chi connectivity index (χ0v) is 15.0. The molecule has 0 fully saturated rings. The molecule has 0 bridgehead atoms. The van der Waals surface area contributed by atoms with Gasteiger partial charge in [-0.25, -0.2) is 0 Å². The van der Waals surface area contributed by atoms with Crippen molar-refractivity contribution in [2.45, 2.75) is 50.5 Å². The van der Waals surface area contributed by atoms with Crippen LogP contribution in [0, 0.1) is 0 Å². The van der Waals surface area contributed by atoms with Gasteiger partial charge in [-0.1, -0.05) is 68.0 Å². The number of benzene rings is 1. The number of rotatable bonds is 9. The van der Waals surface area contributed by atoms with Gasteiger partial charge in [-0.3, -0.25) is 14.4 Å². The van der Waals surface area contributed by atoms with Crippen molar-refractivity contribution in [2.75, 3.05) is 0 Å². The molecule has 0 unspecified atom stereocenters. The van der Waals surface area contributed by atoms with E-state index in [9.17, 15) is 14.4 Å². The predicted molar refractivity (Wildman–Crippen MR) is 99.7 cm³/mol. The Balaban J connectivity index is 2.19. The van der Waals surface area contributed by atoms with Gasteiger partial charge in [-0.15, -0.1) is 0 Å². The number of carboxylic acid groups (broad SMARTS) is 1. The van der Waals surface area contributed by atoms with E-state index in [1.807, 2.05) is 49.4 Å². The maximum atomic E-state index is 12.7. The van der Waals surface area contributed by atoms with Gasteiger partial charge in [0.05, 0.1) is 6.42 Å². The van der Waals surface area contributed by atoms with Crippen molar-refractivity contribution in [3.05, 3.63) is 60.2 Å². The van der Waals surface area contributed by atoms with Crippen molar-refractivity contribution in [3.63, 3.8) is 0 Å². The highest BCUT2D eigenvalue weighted by molar-refractivity contribution is 5.98. The number of Topliss-reactive ketones (excluding diaryl/α,β-unsaturated/α-hetero) is 1. The minimum atomic E-state index is -1.26. The van der Waals surface area contributed by atoms with Crippen LogP contribution in [-0.4, -0.2) is 28.3 Å². The first-order valence-electron chi connectivity index (χ1n) is 8.96. The summed E-state index contributed by atoms with van der Waals surface area (Å²) in [4.78, 5) is 35.7. The number of ketones is 1. The van der Waals surface area contributed by atoms with Gasteiger partial charge in [0.2, 0.25) is 5.91 Å². The summed E-state index contributed by atoms with van der Waals surface area (Å²) in [7, 11) is 0. The lowest BCUT2D eigenvalue weighted by molar-refractivity contribution is -0.139. The second kappa shape index (κ2) is 9.13. The second-order valence-electron chi connectivity index (χ2n) is 6.49. The minimum Gasteiger partial charge on any atom is -0.481 e. The average Bonchev–Trinajstić information content (AvgIpc) is 2.65. The van der Waals surface area contributed by atoms with Crippen molar-refractivity contribution >= 4 is 17.7 Å². The van der Waals surface area contributed by atoms with E-state index in [0.717, 1.165) is 18.4 Å². The molecule has 0 radical (unpaired) electrons. The summed E-state index contributed by atoms with van der Waals surface area (Å²) in [6.45, 7) is 1.99. The largest absolute Gasteiger partial charge is 0.481 e.